The van der Waals surface area contributed by atoms with Gasteiger partial charge in [0.25, 0.3) is 0 Å². The summed E-state index contributed by atoms with van der Waals surface area (Å²) < 4.78 is 4.74. The molecule has 0 fully saturated rings. The summed E-state index contributed by atoms with van der Waals surface area (Å²) in [7, 11) is 0. The number of ether oxygens (including phenoxy) is 1. The van der Waals surface area contributed by atoms with Gasteiger partial charge in [-0.2, -0.15) is 0 Å². The van der Waals surface area contributed by atoms with Crippen molar-refractivity contribution in [1.82, 2.24) is 0 Å². The minimum Gasteiger partial charge on any atom is -0.463 e. The van der Waals surface area contributed by atoms with Crippen molar-refractivity contribution in [3.05, 3.63) is 34.5 Å². The molecule has 3 heteroatoms. The van der Waals surface area contributed by atoms with Crippen LogP contribution in [0.15, 0.2) is 29.7 Å². The minimum atomic E-state index is -0.265. The average Bonchev–Trinajstić information content (AvgIpc) is 2.57. The number of thiophene rings is 1. The molecule has 0 radical (unpaired) electrons. The molecule has 0 aliphatic rings. The first-order chi connectivity index (χ1) is 6.33. The summed E-state index contributed by atoms with van der Waals surface area (Å²) in [5.41, 5.74) is 0. The Labute approximate surface area is 81.8 Å². The lowest BCUT2D eigenvalue weighted by Gasteiger charge is -1.93. The Kier molecular flexibility index (Phi) is 4.26. The molecule has 0 saturated heterocycles. The van der Waals surface area contributed by atoms with E-state index in [1.165, 1.54) is 11.0 Å². The van der Waals surface area contributed by atoms with E-state index in [0.717, 1.165) is 6.42 Å². The van der Waals surface area contributed by atoms with E-state index in [9.17, 15) is 4.79 Å². The van der Waals surface area contributed by atoms with Gasteiger partial charge in [-0.25, -0.2) is 4.79 Å². The first-order valence-electron chi connectivity index (χ1n) is 4.18. The zero-order valence-corrected chi connectivity index (χ0v) is 8.34. The van der Waals surface area contributed by atoms with Crippen molar-refractivity contribution in [2.45, 2.75) is 13.3 Å². The summed E-state index contributed by atoms with van der Waals surface area (Å²) in [5, 5.41) is 2.02. The highest BCUT2D eigenvalue weighted by Gasteiger charge is 1.93. The summed E-state index contributed by atoms with van der Waals surface area (Å²) in [5.74, 6) is -0.265. The van der Waals surface area contributed by atoms with Gasteiger partial charge in [-0.1, -0.05) is 12.1 Å². The van der Waals surface area contributed by atoms with Gasteiger partial charge < -0.3 is 4.74 Å². The Morgan fingerprint density at radius 3 is 3.15 bits per heavy atom. The molecule has 1 heterocycles. The molecule has 0 N–H and O–H groups in total. The minimum absolute atomic E-state index is 0.265. The van der Waals surface area contributed by atoms with Gasteiger partial charge >= 0.3 is 5.97 Å². The van der Waals surface area contributed by atoms with Crippen LogP contribution in [0.2, 0.25) is 0 Å². The largest absolute Gasteiger partial charge is 0.463 e. The second-order valence-corrected chi connectivity index (χ2v) is 3.47. The quantitative estimate of drug-likeness (QED) is 0.546. The molecule has 1 aromatic heterocycles. The van der Waals surface area contributed by atoms with Crippen LogP contribution in [0.1, 0.15) is 11.8 Å². The van der Waals surface area contributed by atoms with Gasteiger partial charge in [0.1, 0.15) is 0 Å². The molecule has 0 unspecified atom stereocenters. The molecule has 0 saturated carbocycles. The number of allylic oxidation sites excluding steroid dienone is 1. The summed E-state index contributed by atoms with van der Waals surface area (Å²) in [4.78, 5) is 12.1. The van der Waals surface area contributed by atoms with Gasteiger partial charge in [0.15, 0.2) is 0 Å². The van der Waals surface area contributed by atoms with Crippen LogP contribution in [-0.4, -0.2) is 12.6 Å². The van der Waals surface area contributed by atoms with E-state index in [0.29, 0.717) is 6.61 Å². The maximum Gasteiger partial charge on any atom is 0.330 e. The van der Waals surface area contributed by atoms with Gasteiger partial charge in [-0.05, 0) is 18.4 Å². The lowest BCUT2D eigenvalue weighted by molar-refractivity contribution is -0.137. The van der Waals surface area contributed by atoms with Crippen molar-refractivity contribution in [2.24, 2.45) is 0 Å². The number of esters is 1. The van der Waals surface area contributed by atoms with Gasteiger partial charge in [-0.3, -0.25) is 0 Å². The normalized spacial score (nSPS) is 10.5. The van der Waals surface area contributed by atoms with Crippen LogP contribution < -0.4 is 0 Å². The summed E-state index contributed by atoms with van der Waals surface area (Å²) in [6.07, 6.45) is 4.10. The van der Waals surface area contributed by atoms with E-state index in [2.05, 4.69) is 0 Å². The maximum absolute atomic E-state index is 10.9. The molecule has 2 nitrogen and oxygen atoms in total. The van der Waals surface area contributed by atoms with Crippen molar-refractivity contribution in [1.29, 1.82) is 0 Å². The zero-order valence-electron chi connectivity index (χ0n) is 7.53. The van der Waals surface area contributed by atoms with Crippen LogP contribution in [-0.2, 0) is 16.0 Å². The summed E-state index contributed by atoms with van der Waals surface area (Å²) >= 11 is 1.68. The average molecular weight is 196 g/mol. The molecule has 70 valence electrons. The Morgan fingerprint density at radius 1 is 1.69 bits per heavy atom. The first kappa shape index (κ1) is 9.99. The molecule has 0 bridgehead atoms. The van der Waals surface area contributed by atoms with Gasteiger partial charge in [0.05, 0.1) is 6.61 Å². The van der Waals surface area contributed by atoms with Crippen LogP contribution in [0.25, 0.3) is 0 Å². The van der Waals surface area contributed by atoms with Crippen molar-refractivity contribution in [3.63, 3.8) is 0 Å². The van der Waals surface area contributed by atoms with E-state index < -0.39 is 0 Å². The predicted octanol–water partition coefficient (Wildman–Crippen LogP) is 2.41. The van der Waals surface area contributed by atoms with Crippen molar-refractivity contribution < 1.29 is 9.53 Å². The molecular formula is C10H12O2S. The SMILES string of the molecule is CCOC(=O)C=CCc1cccs1. The molecule has 0 atom stereocenters. The van der Waals surface area contributed by atoms with Gasteiger partial charge in [-0.15, -0.1) is 11.3 Å². The smallest absolute Gasteiger partial charge is 0.330 e. The van der Waals surface area contributed by atoms with E-state index in [4.69, 9.17) is 4.74 Å². The second-order valence-electron chi connectivity index (χ2n) is 2.44. The Hall–Kier alpha value is -1.09. The predicted molar refractivity (Wildman–Crippen MR) is 53.8 cm³/mol. The highest BCUT2D eigenvalue weighted by molar-refractivity contribution is 7.09. The number of rotatable bonds is 4. The van der Waals surface area contributed by atoms with Crippen LogP contribution in [0.5, 0.6) is 0 Å². The van der Waals surface area contributed by atoms with Crippen LogP contribution >= 0.6 is 11.3 Å². The maximum atomic E-state index is 10.9. The summed E-state index contributed by atoms with van der Waals surface area (Å²) in [6, 6.07) is 4.04. The molecule has 1 aromatic rings. The van der Waals surface area contributed by atoms with E-state index in [1.54, 1.807) is 18.3 Å². The van der Waals surface area contributed by atoms with E-state index >= 15 is 0 Å². The van der Waals surface area contributed by atoms with Crippen molar-refractivity contribution in [3.8, 4) is 0 Å². The Balaban J connectivity index is 2.29. The fourth-order valence-electron chi connectivity index (χ4n) is 0.890. The number of carbonyl (C=O) groups excluding carboxylic acids is 1. The lowest BCUT2D eigenvalue weighted by Crippen LogP contribution is -1.98. The van der Waals surface area contributed by atoms with Crippen LogP contribution in [0.4, 0.5) is 0 Å². The monoisotopic (exact) mass is 196 g/mol. The van der Waals surface area contributed by atoms with Crippen LogP contribution in [0, 0.1) is 0 Å². The highest BCUT2D eigenvalue weighted by Crippen LogP contribution is 2.09. The molecule has 0 aromatic carbocycles. The van der Waals surface area contributed by atoms with Gasteiger partial charge in [0, 0.05) is 17.4 Å². The van der Waals surface area contributed by atoms with E-state index in [1.807, 2.05) is 23.6 Å². The number of hydrogen-bond acceptors (Lipinski definition) is 3. The standard InChI is InChI=1S/C10H12O2S/c1-2-12-10(11)7-3-5-9-6-4-8-13-9/h3-4,6-8H,2,5H2,1H3. The number of hydrogen-bond donors (Lipinski definition) is 0. The van der Waals surface area contributed by atoms with Crippen molar-refractivity contribution in [2.75, 3.05) is 6.61 Å². The van der Waals surface area contributed by atoms with Crippen LogP contribution in [0.3, 0.4) is 0 Å². The van der Waals surface area contributed by atoms with Gasteiger partial charge in [0.2, 0.25) is 0 Å². The molecule has 1 rings (SSSR count). The fourth-order valence-corrected chi connectivity index (χ4v) is 1.57. The topological polar surface area (TPSA) is 26.3 Å². The lowest BCUT2D eigenvalue weighted by atomic mass is 10.3. The fraction of sp³-hybridized carbons (Fsp3) is 0.300. The molecule has 0 aliphatic heterocycles. The molecular weight excluding hydrogens is 184 g/mol. The molecule has 0 amide bonds. The Bertz CT molecular complexity index is 275. The van der Waals surface area contributed by atoms with Crippen molar-refractivity contribution >= 4 is 17.3 Å². The molecule has 13 heavy (non-hydrogen) atoms. The number of carbonyl (C=O) groups is 1. The first-order valence-corrected chi connectivity index (χ1v) is 5.06. The van der Waals surface area contributed by atoms with E-state index in [-0.39, 0.29) is 5.97 Å². The molecule has 0 aliphatic carbocycles. The molecule has 0 spiro atoms. The second kappa shape index (κ2) is 5.54. The highest BCUT2D eigenvalue weighted by atomic mass is 32.1. The third kappa shape index (κ3) is 3.90. The zero-order chi connectivity index (χ0) is 9.52. The third-order valence-corrected chi connectivity index (χ3v) is 2.34. The third-order valence-electron chi connectivity index (χ3n) is 1.44. The Morgan fingerprint density at radius 2 is 2.54 bits per heavy atom. The summed E-state index contributed by atoms with van der Waals surface area (Å²) in [6.45, 7) is 2.23.